The average Bonchev–Trinajstić information content (AvgIpc) is 2.62. The topological polar surface area (TPSA) is 0 Å². The molecule has 2 aromatic carbocycles. The van der Waals surface area contributed by atoms with Crippen molar-refractivity contribution in [1.29, 1.82) is 0 Å². The molecule has 0 N–H and O–H groups in total. The van der Waals surface area contributed by atoms with Gasteiger partial charge in [0.25, 0.3) is 0 Å². The molecule has 0 radical (unpaired) electrons. The summed E-state index contributed by atoms with van der Waals surface area (Å²) in [5, 5.41) is 2.01. The Hall–Kier alpha value is -1.34. The summed E-state index contributed by atoms with van der Waals surface area (Å²) in [6, 6.07) is 12.3. The molecule has 0 spiro atoms. The number of hydrogen-bond acceptors (Lipinski definition) is 1. The van der Waals surface area contributed by atoms with E-state index in [-0.39, 0.29) is 0 Å². The summed E-state index contributed by atoms with van der Waals surface area (Å²) in [5.74, 6) is 0. The molecule has 13 heavy (non-hydrogen) atoms. The number of hydrogen-bond donors (Lipinski definition) is 0. The molecule has 0 atom stereocenters. The highest BCUT2D eigenvalue weighted by atomic mass is 32.1. The molecule has 0 fully saturated rings. The predicted octanol–water partition coefficient (Wildman–Crippen LogP) is 4.05. The smallest absolute Gasteiger partial charge is 0.0630 e. The van der Waals surface area contributed by atoms with Crippen LogP contribution in [0.4, 0.5) is 0 Å². The van der Waals surface area contributed by atoms with E-state index < -0.39 is 0 Å². The standard InChI is InChI=1S/C12H8S/c1-3-7-11-9(5-1)10-6-2-4-8-12(10)13-11/h1-8H/i1D,5D. The van der Waals surface area contributed by atoms with Crippen LogP contribution in [0.1, 0.15) is 2.74 Å². The van der Waals surface area contributed by atoms with Gasteiger partial charge < -0.3 is 0 Å². The molecular formula is C12H8S. The minimum Gasteiger partial charge on any atom is -0.135 e. The lowest BCUT2D eigenvalue weighted by Gasteiger charge is -1.88. The van der Waals surface area contributed by atoms with Gasteiger partial charge in [-0.1, -0.05) is 36.4 Å². The molecule has 0 bridgehead atoms. The Morgan fingerprint density at radius 1 is 0.923 bits per heavy atom. The zero-order valence-electron chi connectivity index (χ0n) is 8.87. The van der Waals surface area contributed by atoms with Crippen molar-refractivity contribution in [2.24, 2.45) is 0 Å². The first-order valence-corrected chi connectivity index (χ1v) is 4.96. The molecule has 0 unspecified atom stereocenters. The number of fused-ring (bicyclic) bond motifs is 3. The summed E-state index contributed by atoms with van der Waals surface area (Å²) in [4.78, 5) is 0. The van der Waals surface area contributed by atoms with Gasteiger partial charge in [0.05, 0.1) is 2.74 Å². The summed E-state index contributed by atoms with van der Waals surface area (Å²) in [7, 11) is 0. The molecule has 1 heterocycles. The van der Waals surface area contributed by atoms with E-state index in [2.05, 4.69) is 6.07 Å². The molecule has 0 saturated heterocycles. The Kier molecular flexibility index (Phi) is 1.07. The molecule has 0 saturated carbocycles. The summed E-state index contributed by atoms with van der Waals surface area (Å²) in [6.07, 6.45) is 0. The van der Waals surface area contributed by atoms with Crippen LogP contribution in [0.2, 0.25) is 0 Å². The van der Waals surface area contributed by atoms with Crippen LogP contribution in [0.15, 0.2) is 48.5 Å². The maximum Gasteiger partial charge on any atom is 0.0630 e. The molecule has 1 aromatic heterocycles. The van der Waals surface area contributed by atoms with Crippen molar-refractivity contribution in [3.05, 3.63) is 48.5 Å². The second-order valence-electron chi connectivity index (χ2n) is 2.94. The fourth-order valence-electron chi connectivity index (χ4n) is 1.54. The van der Waals surface area contributed by atoms with E-state index in [4.69, 9.17) is 2.74 Å². The van der Waals surface area contributed by atoms with Crippen molar-refractivity contribution in [2.75, 3.05) is 0 Å². The van der Waals surface area contributed by atoms with E-state index in [0.29, 0.717) is 12.1 Å². The third kappa shape index (κ3) is 0.973. The van der Waals surface area contributed by atoms with Crippen molar-refractivity contribution in [2.45, 2.75) is 0 Å². The van der Waals surface area contributed by atoms with Crippen molar-refractivity contribution in [3.8, 4) is 0 Å². The molecule has 0 amide bonds. The van der Waals surface area contributed by atoms with Gasteiger partial charge in [-0.2, -0.15) is 0 Å². The molecule has 0 nitrogen and oxygen atoms in total. The maximum atomic E-state index is 7.91. The van der Waals surface area contributed by atoms with Gasteiger partial charge in [-0.25, -0.2) is 0 Å². The van der Waals surface area contributed by atoms with Crippen molar-refractivity contribution >= 4 is 31.5 Å². The molecule has 0 aliphatic heterocycles. The van der Waals surface area contributed by atoms with Gasteiger partial charge in [-0.05, 0) is 12.1 Å². The SMILES string of the molecule is [2H]c1ccc2sc3ccccc3c2c1[2H]. The van der Waals surface area contributed by atoms with Crippen molar-refractivity contribution in [1.82, 2.24) is 0 Å². The monoisotopic (exact) mass is 186 g/mol. The van der Waals surface area contributed by atoms with Gasteiger partial charge in [-0.15, -0.1) is 11.3 Å². The van der Waals surface area contributed by atoms with E-state index >= 15 is 0 Å². The van der Waals surface area contributed by atoms with Crippen LogP contribution in [0.5, 0.6) is 0 Å². The van der Waals surface area contributed by atoms with E-state index in [1.54, 1.807) is 17.4 Å². The summed E-state index contributed by atoms with van der Waals surface area (Å²) < 4.78 is 17.8. The molecule has 3 aromatic rings. The normalized spacial score (nSPS) is 13.2. The summed E-state index contributed by atoms with van der Waals surface area (Å²) >= 11 is 1.68. The maximum absolute atomic E-state index is 7.91. The van der Waals surface area contributed by atoms with Crippen LogP contribution < -0.4 is 0 Å². The Balaban J connectivity index is 2.63. The molecule has 1 heteroatoms. The van der Waals surface area contributed by atoms with Crippen LogP contribution >= 0.6 is 11.3 Å². The van der Waals surface area contributed by atoms with Crippen molar-refractivity contribution < 1.29 is 2.74 Å². The Morgan fingerprint density at radius 3 is 2.69 bits per heavy atom. The molecular weight excluding hydrogens is 176 g/mol. The third-order valence-electron chi connectivity index (χ3n) is 2.14. The van der Waals surface area contributed by atoms with E-state index in [9.17, 15) is 0 Å². The van der Waals surface area contributed by atoms with Crippen LogP contribution in [0.25, 0.3) is 20.2 Å². The summed E-state index contributed by atoms with van der Waals surface area (Å²) in [6.45, 7) is 0. The Morgan fingerprint density at radius 2 is 1.69 bits per heavy atom. The van der Waals surface area contributed by atoms with Gasteiger partial charge in [-0.3, -0.25) is 0 Å². The largest absolute Gasteiger partial charge is 0.135 e. The molecule has 62 valence electrons. The minimum atomic E-state index is 0.297. The first kappa shape index (κ1) is 5.40. The average molecular weight is 186 g/mol. The zero-order chi connectivity index (χ0) is 10.4. The van der Waals surface area contributed by atoms with Crippen LogP contribution in [-0.4, -0.2) is 0 Å². The fraction of sp³-hybridized carbons (Fsp3) is 0. The van der Waals surface area contributed by atoms with Crippen LogP contribution in [-0.2, 0) is 0 Å². The quantitative estimate of drug-likeness (QED) is 0.496. The van der Waals surface area contributed by atoms with Gasteiger partial charge in [0.2, 0.25) is 0 Å². The van der Waals surface area contributed by atoms with Crippen molar-refractivity contribution in [3.63, 3.8) is 0 Å². The van der Waals surface area contributed by atoms with Gasteiger partial charge in [0.1, 0.15) is 0 Å². The highest BCUT2D eigenvalue weighted by molar-refractivity contribution is 7.25. The summed E-state index contributed by atoms with van der Waals surface area (Å²) in [5.41, 5.74) is 0. The molecule has 0 aliphatic carbocycles. The van der Waals surface area contributed by atoms with Gasteiger partial charge in [0, 0.05) is 20.2 Å². The minimum absolute atomic E-state index is 0.297. The van der Waals surface area contributed by atoms with Gasteiger partial charge >= 0.3 is 0 Å². The first-order chi connectivity index (χ1) is 7.27. The number of rotatable bonds is 0. The number of benzene rings is 2. The van der Waals surface area contributed by atoms with E-state index in [1.807, 2.05) is 24.3 Å². The first-order valence-electron chi connectivity index (χ1n) is 5.15. The van der Waals surface area contributed by atoms with Gasteiger partial charge in [0.15, 0.2) is 0 Å². The molecule has 0 aliphatic rings. The second-order valence-corrected chi connectivity index (χ2v) is 4.02. The van der Waals surface area contributed by atoms with Crippen LogP contribution in [0, 0.1) is 0 Å². The highest BCUT2D eigenvalue weighted by Crippen LogP contribution is 2.32. The third-order valence-corrected chi connectivity index (χ3v) is 3.27. The fourth-order valence-corrected chi connectivity index (χ4v) is 2.60. The van der Waals surface area contributed by atoms with Crippen LogP contribution in [0.3, 0.4) is 0 Å². The number of thiophene rings is 1. The second kappa shape index (κ2) is 2.57. The molecule has 3 rings (SSSR count). The Bertz CT molecular complexity index is 655. The van der Waals surface area contributed by atoms with E-state index in [0.717, 1.165) is 15.5 Å². The van der Waals surface area contributed by atoms with E-state index in [1.165, 1.54) is 4.70 Å². The zero-order valence-corrected chi connectivity index (χ0v) is 7.69. The highest BCUT2D eigenvalue weighted by Gasteiger charge is 2.01. The lowest BCUT2D eigenvalue weighted by Crippen LogP contribution is -1.62. The Labute approximate surface area is 83.2 Å². The predicted molar refractivity (Wildman–Crippen MR) is 59.3 cm³/mol. The lowest BCUT2D eigenvalue weighted by atomic mass is 10.2. The lowest BCUT2D eigenvalue weighted by molar-refractivity contribution is 1.84.